The zero-order chi connectivity index (χ0) is 23.4. The topological polar surface area (TPSA) is 72.4 Å². The maximum Gasteiger partial charge on any atom is 0.255 e. The van der Waals surface area contributed by atoms with Crippen LogP contribution in [0.4, 0.5) is 15.8 Å². The van der Waals surface area contributed by atoms with Crippen molar-refractivity contribution in [2.75, 3.05) is 17.7 Å². The van der Waals surface area contributed by atoms with Crippen molar-refractivity contribution in [1.82, 2.24) is 4.57 Å². The molecule has 0 aliphatic rings. The molecule has 3 aromatic carbocycles. The van der Waals surface area contributed by atoms with Gasteiger partial charge in [0.1, 0.15) is 11.6 Å². The Bertz CT molecular complexity index is 1320. The van der Waals surface area contributed by atoms with Crippen LogP contribution in [0.2, 0.25) is 0 Å². The Morgan fingerprint density at radius 3 is 2.30 bits per heavy atom. The molecule has 4 aromatic rings. The SMILES string of the molecule is COc1ccc(NC(=O)c2ccc(C)c(-n3cccc3)c2)cc1NC(=O)c1cccc(F)c1. The maximum atomic E-state index is 13.5. The maximum absolute atomic E-state index is 13.5. The van der Waals surface area contributed by atoms with Crippen molar-refractivity contribution >= 4 is 23.2 Å². The number of aromatic nitrogens is 1. The van der Waals surface area contributed by atoms with Gasteiger partial charge in [0, 0.05) is 34.9 Å². The van der Waals surface area contributed by atoms with E-state index >= 15 is 0 Å². The molecule has 1 heterocycles. The molecule has 33 heavy (non-hydrogen) atoms. The van der Waals surface area contributed by atoms with E-state index in [1.807, 2.05) is 48.1 Å². The number of ether oxygens (including phenoxy) is 1. The van der Waals surface area contributed by atoms with Gasteiger partial charge in [-0.2, -0.15) is 0 Å². The van der Waals surface area contributed by atoms with Gasteiger partial charge >= 0.3 is 0 Å². The Balaban J connectivity index is 1.56. The Morgan fingerprint density at radius 1 is 0.848 bits per heavy atom. The lowest BCUT2D eigenvalue weighted by atomic mass is 10.1. The number of halogens is 1. The van der Waals surface area contributed by atoms with Crippen molar-refractivity contribution in [2.45, 2.75) is 6.92 Å². The molecule has 7 heteroatoms. The first-order chi connectivity index (χ1) is 15.9. The number of hydrogen-bond acceptors (Lipinski definition) is 3. The number of amides is 2. The minimum Gasteiger partial charge on any atom is -0.495 e. The first kappa shape index (κ1) is 21.8. The molecule has 4 rings (SSSR count). The standard InChI is InChI=1S/C26H22FN3O3/c1-17-8-9-19(15-23(17)30-12-3-4-13-30)25(31)28-21-10-11-24(33-2)22(16-21)29-26(32)18-6-5-7-20(27)14-18/h3-16H,1-2H3,(H,28,31)(H,29,32). The van der Waals surface area contributed by atoms with Crippen molar-refractivity contribution in [3.8, 4) is 11.4 Å². The quantitative estimate of drug-likeness (QED) is 0.417. The fourth-order valence-electron chi connectivity index (χ4n) is 3.43. The molecule has 0 fully saturated rings. The molecule has 2 amide bonds. The summed E-state index contributed by atoms with van der Waals surface area (Å²) in [4.78, 5) is 25.5. The van der Waals surface area contributed by atoms with E-state index < -0.39 is 11.7 Å². The van der Waals surface area contributed by atoms with Crippen LogP contribution >= 0.6 is 0 Å². The number of carbonyl (C=O) groups excluding carboxylic acids is 2. The molecule has 6 nitrogen and oxygen atoms in total. The zero-order valence-electron chi connectivity index (χ0n) is 18.1. The van der Waals surface area contributed by atoms with Gasteiger partial charge in [-0.3, -0.25) is 9.59 Å². The van der Waals surface area contributed by atoms with Gasteiger partial charge in [0.2, 0.25) is 0 Å². The number of nitrogens with one attached hydrogen (secondary N) is 2. The molecule has 0 bridgehead atoms. The largest absolute Gasteiger partial charge is 0.495 e. The van der Waals surface area contributed by atoms with E-state index in [-0.39, 0.29) is 11.5 Å². The Hall–Kier alpha value is -4.39. The number of hydrogen-bond donors (Lipinski definition) is 2. The van der Waals surface area contributed by atoms with Gasteiger partial charge in [-0.15, -0.1) is 0 Å². The Labute approximate surface area is 190 Å². The van der Waals surface area contributed by atoms with Crippen LogP contribution in [0.3, 0.4) is 0 Å². The molecule has 2 N–H and O–H groups in total. The lowest BCUT2D eigenvalue weighted by Gasteiger charge is -2.14. The number of nitrogens with zero attached hydrogens (tertiary/aromatic N) is 1. The van der Waals surface area contributed by atoms with E-state index in [1.165, 1.54) is 25.3 Å². The summed E-state index contributed by atoms with van der Waals surface area (Å²) in [5.41, 5.74) is 3.43. The molecule has 0 atom stereocenters. The summed E-state index contributed by atoms with van der Waals surface area (Å²) in [5, 5.41) is 5.56. The van der Waals surface area contributed by atoms with Crippen molar-refractivity contribution in [2.24, 2.45) is 0 Å². The third-order valence-electron chi connectivity index (χ3n) is 5.15. The highest BCUT2D eigenvalue weighted by Crippen LogP contribution is 2.29. The highest BCUT2D eigenvalue weighted by molar-refractivity contribution is 6.07. The number of benzene rings is 3. The van der Waals surface area contributed by atoms with Crippen LogP contribution in [0.1, 0.15) is 26.3 Å². The number of anilines is 2. The lowest BCUT2D eigenvalue weighted by Crippen LogP contribution is -2.15. The molecule has 0 radical (unpaired) electrons. The van der Waals surface area contributed by atoms with Crippen molar-refractivity contribution in [3.05, 3.63) is 108 Å². The molecule has 0 aliphatic carbocycles. The van der Waals surface area contributed by atoms with Crippen LogP contribution in [0.5, 0.6) is 5.75 Å². The summed E-state index contributed by atoms with van der Waals surface area (Å²) in [7, 11) is 1.47. The first-order valence-electron chi connectivity index (χ1n) is 10.2. The predicted octanol–water partition coefficient (Wildman–Crippen LogP) is 5.44. The summed E-state index contributed by atoms with van der Waals surface area (Å²) in [6, 6.07) is 19.6. The van der Waals surface area contributed by atoms with E-state index in [0.717, 1.165) is 17.3 Å². The number of aryl methyl sites for hydroxylation is 1. The van der Waals surface area contributed by atoms with E-state index in [1.54, 1.807) is 24.3 Å². The van der Waals surface area contributed by atoms with Crippen molar-refractivity contribution in [3.63, 3.8) is 0 Å². The molecule has 0 unspecified atom stereocenters. The summed E-state index contributed by atoms with van der Waals surface area (Å²) in [6.45, 7) is 1.98. The van der Waals surface area contributed by atoms with Gasteiger partial charge in [-0.25, -0.2) is 4.39 Å². The molecular formula is C26H22FN3O3. The molecule has 0 aliphatic heterocycles. The van der Waals surface area contributed by atoms with Crippen LogP contribution in [0, 0.1) is 12.7 Å². The molecular weight excluding hydrogens is 421 g/mol. The second kappa shape index (κ2) is 9.40. The second-order valence-electron chi connectivity index (χ2n) is 7.43. The van der Waals surface area contributed by atoms with Gasteiger partial charge in [0.05, 0.1) is 12.8 Å². The van der Waals surface area contributed by atoms with E-state index in [9.17, 15) is 14.0 Å². The number of rotatable bonds is 6. The van der Waals surface area contributed by atoms with Gasteiger partial charge in [0.25, 0.3) is 11.8 Å². The highest BCUT2D eigenvalue weighted by atomic mass is 19.1. The second-order valence-corrected chi connectivity index (χ2v) is 7.43. The van der Waals surface area contributed by atoms with Crippen molar-refractivity contribution in [1.29, 1.82) is 0 Å². The monoisotopic (exact) mass is 443 g/mol. The van der Waals surface area contributed by atoms with Gasteiger partial charge < -0.3 is 19.9 Å². The third kappa shape index (κ3) is 4.93. The lowest BCUT2D eigenvalue weighted by molar-refractivity contribution is 0.101. The summed E-state index contributed by atoms with van der Waals surface area (Å²) in [6.07, 6.45) is 3.84. The average Bonchev–Trinajstić information content (AvgIpc) is 3.34. The minimum atomic E-state index is -0.506. The fraction of sp³-hybridized carbons (Fsp3) is 0.0769. The Kier molecular flexibility index (Phi) is 6.22. The van der Waals surface area contributed by atoms with E-state index in [0.29, 0.717) is 22.7 Å². The smallest absolute Gasteiger partial charge is 0.255 e. The van der Waals surface area contributed by atoms with Crippen LogP contribution in [-0.2, 0) is 0 Å². The van der Waals surface area contributed by atoms with Gasteiger partial charge in [-0.1, -0.05) is 12.1 Å². The zero-order valence-corrected chi connectivity index (χ0v) is 18.1. The molecule has 0 spiro atoms. The predicted molar refractivity (Wildman–Crippen MR) is 126 cm³/mol. The van der Waals surface area contributed by atoms with Gasteiger partial charge in [-0.05, 0) is 73.2 Å². The molecule has 166 valence electrons. The number of methoxy groups -OCH3 is 1. The van der Waals surface area contributed by atoms with Crippen molar-refractivity contribution < 1.29 is 18.7 Å². The fourth-order valence-corrected chi connectivity index (χ4v) is 3.43. The summed E-state index contributed by atoms with van der Waals surface area (Å²) < 4.78 is 20.7. The van der Waals surface area contributed by atoms with E-state index in [4.69, 9.17) is 4.74 Å². The first-order valence-corrected chi connectivity index (χ1v) is 10.2. The van der Waals surface area contributed by atoms with Crippen LogP contribution in [0.15, 0.2) is 85.2 Å². The summed E-state index contributed by atoms with van der Waals surface area (Å²) in [5.74, 6) is -0.891. The molecule has 1 aromatic heterocycles. The molecule has 0 saturated heterocycles. The summed E-state index contributed by atoms with van der Waals surface area (Å²) >= 11 is 0. The van der Waals surface area contributed by atoms with Crippen LogP contribution < -0.4 is 15.4 Å². The van der Waals surface area contributed by atoms with Gasteiger partial charge in [0.15, 0.2) is 0 Å². The normalized spacial score (nSPS) is 10.5. The van der Waals surface area contributed by atoms with Crippen LogP contribution in [-0.4, -0.2) is 23.5 Å². The Morgan fingerprint density at radius 2 is 1.58 bits per heavy atom. The average molecular weight is 443 g/mol. The van der Waals surface area contributed by atoms with E-state index in [2.05, 4.69) is 10.6 Å². The third-order valence-corrected chi connectivity index (χ3v) is 5.15. The number of carbonyl (C=O) groups is 2. The van der Waals surface area contributed by atoms with Crippen LogP contribution in [0.25, 0.3) is 5.69 Å². The molecule has 0 saturated carbocycles. The highest BCUT2D eigenvalue weighted by Gasteiger charge is 2.14. The minimum absolute atomic E-state index is 0.170.